The molecule has 1 fully saturated rings. The van der Waals surface area contributed by atoms with Crippen LogP contribution in [0, 0.1) is 11.7 Å². The largest absolute Gasteiger partial charge is 0.339 e. The zero-order valence-electron chi connectivity index (χ0n) is 14.6. The molecule has 0 aliphatic carbocycles. The van der Waals surface area contributed by atoms with E-state index in [2.05, 4.69) is 5.32 Å². The van der Waals surface area contributed by atoms with Crippen LogP contribution in [0.25, 0.3) is 0 Å². The second-order valence-corrected chi connectivity index (χ2v) is 7.17. The lowest BCUT2D eigenvalue weighted by Gasteiger charge is -2.31. The Balaban J connectivity index is 1.55. The number of benzene rings is 2. The molecule has 1 N–H and O–H groups in total. The van der Waals surface area contributed by atoms with E-state index in [9.17, 15) is 14.0 Å². The van der Waals surface area contributed by atoms with Crippen molar-refractivity contribution in [1.29, 1.82) is 0 Å². The van der Waals surface area contributed by atoms with Gasteiger partial charge < -0.3 is 10.2 Å². The Labute approximate surface area is 156 Å². The van der Waals surface area contributed by atoms with Gasteiger partial charge in [0, 0.05) is 35.2 Å². The van der Waals surface area contributed by atoms with E-state index in [-0.39, 0.29) is 23.5 Å². The fraction of sp³-hybridized carbons (Fsp3) is 0.300. The van der Waals surface area contributed by atoms with Gasteiger partial charge in [-0.15, -0.1) is 11.8 Å². The molecule has 0 saturated carbocycles. The van der Waals surface area contributed by atoms with Crippen molar-refractivity contribution >= 4 is 29.3 Å². The van der Waals surface area contributed by atoms with Crippen molar-refractivity contribution in [3.05, 3.63) is 59.9 Å². The number of carbonyl (C=O) groups excluding carboxylic acids is 2. The summed E-state index contributed by atoms with van der Waals surface area (Å²) in [5.41, 5.74) is 1.27. The summed E-state index contributed by atoms with van der Waals surface area (Å²) < 4.78 is 13.0. The minimum atomic E-state index is -0.359. The number of rotatable bonds is 4. The summed E-state index contributed by atoms with van der Waals surface area (Å²) in [6, 6.07) is 13.3. The lowest BCUT2D eigenvalue weighted by molar-refractivity contribution is -0.121. The van der Waals surface area contributed by atoms with Gasteiger partial charge >= 0.3 is 0 Å². The van der Waals surface area contributed by atoms with Crippen molar-refractivity contribution in [2.75, 3.05) is 24.7 Å². The van der Waals surface area contributed by atoms with E-state index in [0.29, 0.717) is 31.5 Å². The summed E-state index contributed by atoms with van der Waals surface area (Å²) in [5, 5.41) is 2.97. The van der Waals surface area contributed by atoms with Gasteiger partial charge in [0.25, 0.3) is 5.91 Å². The molecule has 1 heterocycles. The minimum Gasteiger partial charge on any atom is -0.339 e. The van der Waals surface area contributed by atoms with E-state index >= 15 is 0 Å². The quantitative estimate of drug-likeness (QED) is 0.824. The molecule has 2 aromatic carbocycles. The van der Waals surface area contributed by atoms with E-state index in [1.165, 1.54) is 24.3 Å². The van der Waals surface area contributed by atoms with E-state index < -0.39 is 0 Å². The van der Waals surface area contributed by atoms with Crippen molar-refractivity contribution in [2.45, 2.75) is 17.7 Å². The molecule has 0 unspecified atom stereocenters. The number of amides is 2. The van der Waals surface area contributed by atoms with Crippen LogP contribution in [0.5, 0.6) is 0 Å². The molecule has 3 rings (SSSR count). The van der Waals surface area contributed by atoms with Crippen molar-refractivity contribution in [1.82, 2.24) is 4.90 Å². The molecule has 0 spiro atoms. The van der Waals surface area contributed by atoms with Crippen LogP contribution in [-0.4, -0.2) is 36.1 Å². The van der Waals surface area contributed by atoms with Crippen LogP contribution in [0.15, 0.2) is 53.4 Å². The number of hydrogen-bond acceptors (Lipinski definition) is 3. The molecule has 0 atom stereocenters. The van der Waals surface area contributed by atoms with Crippen molar-refractivity contribution in [2.24, 2.45) is 5.92 Å². The number of piperidine rings is 1. The summed E-state index contributed by atoms with van der Waals surface area (Å²) in [6.45, 7) is 1.05. The molecule has 1 saturated heterocycles. The lowest BCUT2D eigenvalue weighted by atomic mass is 9.95. The Bertz CT molecular complexity index is 787. The highest BCUT2D eigenvalue weighted by Crippen LogP contribution is 2.23. The third-order valence-electron chi connectivity index (χ3n) is 4.58. The van der Waals surface area contributed by atoms with Gasteiger partial charge in [0.1, 0.15) is 5.82 Å². The highest BCUT2D eigenvalue weighted by Gasteiger charge is 2.27. The standard InChI is InChI=1S/C20H21FN2O2S/c1-26-18-4-2-3-17(13-18)22-19(24)14-9-11-23(12-10-14)20(25)15-5-7-16(21)8-6-15/h2-8,13-14H,9-12H2,1H3,(H,22,24). The molecule has 0 aromatic heterocycles. The van der Waals surface area contributed by atoms with E-state index in [0.717, 1.165) is 10.6 Å². The fourth-order valence-corrected chi connectivity index (χ4v) is 3.52. The van der Waals surface area contributed by atoms with Crippen LogP contribution < -0.4 is 5.32 Å². The number of likely N-dealkylation sites (tertiary alicyclic amines) is 1. The highest BCUT2D eigenvalue weighted by atomic mass is 32.2. The van der Waals surface area contributed by atoms with E-state index in [1.54, 1.807) is 16.7 Å². The van der Waals surface area contributed by atoms with Crippen LogP contribution in [0.3, 0.4) is 0 Å². The van der Waals surface area contributed by atoms with Gasteiger partial charge in [0.2, 0.25) is 5.91 Å². The number of hydrogen-bond donors (Lipinski definition) is 1. The van der Waals surface area contributed by atoms with Crippen LogP contribution in [0.1, 0.15) is 23.2 Å². The summed E-state index contributed by atoms with van der Waals surface area (Å²) in [7, 11) is 0. The van der Waals surface area contributed by atoms with Gasteiger partial charge in [-0.05, 0) is 61.6 Å². The Hall–Kier alpha value is -2.34. The first-order chi connectivity index (χ1) is 12.6. The maximum atomic E-state index is 13.0. The molecule has 4 nitrogen and oxygen atoms in total. The molecule has 136 valence electrons. The van der Waals surface area contributed by atoms with E-state index in [1.807, 2.05) is 30.5 Å². The fourth-order valence-electron chi connectivity index (χ4n) is 3.06. The molecule has 1 aliphatic heterocycles. The van der Waals surface area contributed by atoms with Gasteiger partial charge in [0.15, 0.2) is 0 Å². The first-order valence-corrected chi connectivity index (χ1v) is 9.79. The Morgan fingerprint density at radius 1 is 1.12 bits per heavy atom. The summed E-state index contributed by atoms with van der Waals surface area (Å²) in [5.74, 6) is -0.582. The molecule has 1 aliphatic rings. The summed E-state index contributed by atoms with van der Waals surface area (Å²) in [6.07, 6.45) is 3.25. The van der Waals surface area contributed by atoms with Gasteiger partial charge in [-0.1, -0.05) is 6.07 Å². The number of halogens is 1. The predicted molar refractivity (Wildman–Crippen MR) is 102 cm³/mol. The zero-order chi connectivity index (χ0) is 18.5. The van der Waals surface area contributed by atoms with Crippen molar-refractivity contribution in [3.8, 4) is 0 Å². The average Bonchev–Trinajstić information content (AvgIpc) is 2.68. The van der Waals surface area contributed by atoms with Crippen LogP contribution in [0.4, 0.5) is 10.1 Å². The second-order valence-electron chi connectivity index (χ2n) is 6.29. The third-order valence-corrected chi connectivity index (χ3v) is 5.31. The third kappa shape index (κ3) is 4.43. The first-order valence-electron chi connectivity index (χ1n) is 8.56. The minimum absolute atomic E-state index is 0.00265. The Morgan fingerprint density at radius 2 is 1.81 bits per heavy atom. The topological polar surface area (TPSA) is 49.4 Å². The SMILES string of the molecule is CSc1cccc(NC(=O)C2CCN(C(=O)c3ccc(F)cc3)CC2)c1. The molecule has 0 radical (unpaired) electrons. The van der Waals surface area contributed by atoms with Crippen LogP contribution in [0.2, 0.25) is 0 Å². The molecule has 2 amide bonds. The normalized spacial score (nSPS) is 14.9. The Kier molecular flexibility index (Phi) is 5.93. The Morgan fingerprint density at radius 3 is 2.46 bits per heavy atom. The molecule has 6 heteroatoms. The highest BCUT2D eigenvalue weighted by molar-refractivity contribution is 7.98. The first kappa shape index (κ1) is 18.5. The van der Waals surface area contributed by atoms with Gasteiger partial charge in [0.05, 0.1) is 0 Å². The van der Waals surface area contributed by atoms with Gasteiger partial charge in [-0.25, -0.2) is 4.39 Å². The summed E-state index contributed by atoms with van der Waals surface area (Å²) >= 11 is 1.63. The smallest absolute Gasteiger partial charge is 0.253 e. The molecule has 2 aromatic rings. The summed E-state index contributed by atoms with van der Waals surface area (Å²) in [4.78, 5) is 27.8. The monoisotopic (exact) mass is 372 g/mol. The molecule has 0 bridgehead atoms. The van der Waals surface area contributed by atoms with Crippen molar-refractivity contribution in [3.63, 3.8) is 0 Å². The molecular formula is C20H21FN2O2S. The number of thioether (sulfide) groups is 1. The number of nitrogens with one attached hydrogen (secondary N) is 1. The van der Waals surface area contributed by atoms with Gasteiger partial charge in [-0.2, -0.15) is 0 Å². The maximum Gasteiger partial charge on any atom is 0.253 e. The van der Waals surface area contributed by atoms with Crippen molar-refractivity contribution < 1.29 is 14.0 Å². The lowest BCUT2D eigenvalue weighted by Crippen LogP contribution is -2.41. The molecular weight excluding hydrogens is 351 g/mol. The predicted octanol–water partition coefficient (Wildman–Crippen LogP) is 4.04. The number of carbonyl (C=O) groups is 2. The van der Waals surface area contributed by atoms with E-state index in [4.69, 9.17) is 0 Å². The van der Waals surface area contributed by atoms with Crippen LogP contribution in [-0.2, 0) is 4.79 Å². The average molecular weight is 372 g/mol. The molecule has 26 heavy (non-hydrogen) atoms. The van der Waals surface area contributed by atoms with Crippen LogP contribution >= 0.6 is 11.8 Å². The maximum absolute atomic E-state index is 13.0. The number of nitrogens with zero attached hydrogens (tertiary/aromatic N) is 1. The zero-order valence-corrected chi connectivity index (χ0v) is 15.4. The number of anilines is 1. The second kappa shape index (κ2) is 8.36. The van der Waals surface area contributed by atoms with Gasteiger partial charge in [-0.3, -0.25) is 9.59 Å².